The van der Waals surface area contributed by atoms with Gasteiger partial charge in [0.25, 0.3) is 0 Å². The Hall–Kier alpha value is -1.96. The topological polar surface area (TPSA) is 123 Å². The highest BCUT2D eigenvalue weighted by Gasteiger charge is 2.18. The molecule has 0 spiro atoms. The number of aromatic nitrogens is 3. The second-order valence-corrected chi connectivity index (χ2v) is 5.72. The SMILES string of the molecule is CC(C)(CCN)CCC(=O)NCCn1cc(C(=O)O)nn1. The summed E-state index contributed by atoms with van der Waals surface area (Å²) in [4.78, 5) is 22.4. The van der Waals surface area contributed by atoms with Crippen LogP contribution in [0.15, 0.2) is 6.20 Å². The summed E-state index contributed by atoms with van der Waals surface area (Å²) in [6.07, 6.45) is 3.45. The highest BCUT2D eigenvalue weighted by atomic mass is 16.4. The molecular formula is C13H23N5O3. The molecule has 0 saturated carbocycles. The monoisotopic (exact) mass is 297 g/mol. The van der Waals surface area contributed by atoms with E-state index in [4.69, 9.17) is 10.8 Å². The molecule has 0 aliphatic heterocycles. The first-order valence-electron chi connectivity index (χ1n) is 6.94. The van der Waals surface area contributed by atoms with Gasteiger partial charge < -0.3 is 16.2 Å². The molecule has 21 heavy (non-hydrogen) atoms. The molecular weight excluding hydrogens is 274 g/mol. The van der Waals surface area contributed by atoms with Gasteiger partial charge in [0.05, 0.1) is 12.7 Å². The van der Waals surface area contributed by atoms with E-state index in [0.717, 1.165) is 12.8 Å². The summed E-state index contributed by atoms with van der Waals surface area (Å²) >= 11 is 0. The van der Waals surface area contributed by atoms with Crippen molar-refractivity contribution in [3.05, 3.63) is 11.9 Å². The lowest BCUT2D eigenvalue weighted by Gasteiger charge is -2.23. The van der Waals surface area contributed by atoms with Crippen LogP contribution in [0.3, 0.4) is 0 Å². The van der Waals surface area contributed by atoms with Crippen molar-refractivity contribution in [2.75, 3.05) is 13.1 Å². The highest BCUT2D eigenvalue weighted by molar-refractivity contribution is 5.84. The summed E-state index contributed by atoms with van der Waals surface area (Å²) < 4.78 is 1.39. The zero-order valence-corrected chi connectivity index (χ0v) is 12.5. The van der Waals surface area contributed by atoms with Crippen LogP contribution in [0.1, 0.15) is 43.6 Å². The van der Waals surface area contributed by atoms with Crippen LogP contribution < -0.4 is 11.1 Å². The van der Waals surface area contributed by atoms with Crippen LogP contribution in [0, 0.1) is 5.41 Å². The molecule has 0 atom stereocenters. The number of carbonyl (C=O) groups is 2. The van der Waals surface area contributed by atoms with Crippen LogP contribution >= 0.6 is 0 Å². The molecule has 118 valence electrons. The maximum absolute atomic E-state index is 11.7. The lowest BCUT2D eigenvalue weighted by Crippen LogP contribution is -2.29. The first kappa shape index (κ1) is 17.1. The molecule has 0 saturated heterocycles. The molecule has 8 nitrogen and oxygen atoms in total. The van der Waals surface area contributed by atoms with Crippen LogP contribution in [-0.2, 0) is 11.3 Å². The Morgan fingerprint density at radius 1 is 1.43 bits per heavy atom. The van der Waals surface area contributed by atoms with Crippen molar-refractivity contribution >= 4 is 11.9 Å². The van der Waals surface area contributed by atoms with Crippen molar-refractivity contribution in [2.45, 2.75) is 39.7 Å². The van der Waals surface area contributed by atoms with E-state index >= 15 is 0 Å². The van der Waals surface area contributed by atoms with Crippen LogP contribution in [0.4, 0.5) is 0 Å². The first-order valence-corrected chi connectivity index (χ1v) is 6.94. The number of carboxylic acids is 1. The Morgan fingerprint density at radius 2 is 2.14 bits per heavy atom. The molecule has 0 radical (unpaired) electrons. The molecule has 4 N–H and O–H groups in total. The van der Waals surface area contributed by atoms with Crippen molar-refractivity contribution in [1.82, 2.24) is 20.3 Å². The summed E-state index contributed by atoms with van der Waals surface area (Å²) in [6, 6.07) is 0. The van der Waals surface area contributed by atoms with Gasteiger partial charge in [-0.1, -0.05) is 19.1 Å². The summed E-state index contributed by atoms with van der Waals surface area (Å²) in [5.74, 6) is -1.15. The van der Waals surface area contributed by atoms with E-state index in [1.165, 1.54) is 10.9 Å². The fraction of sp³-hybridized carbons (Fsp3) is 0.692. The Balaban J connectivity index is 2.25. The van der Waals surface area contributed by atoms with Crippen LogP contribution in [0.5, 0.6) is 0 Å². The summed E-state index contributed by atoms with van der Waals surface area (Å²) in [6.45, 7) is 5.58. The molecule has 1 amide bonds. The molecule has 1 aromatic rings. The Kier molecular flexibility index (Phi) is 6.29. The fourth-order valence-corrected chi connectivity index (χ4v) is 1.87. The van der Waals surface area contributed by atoms with Crippen LogP contribution in [-0.4, -0.2) is 45.1 Å². The molecule has 1 aromatic heterocycles. The van der Waals surface area contributed by atoms with Crippen molar-refractivity contribution in [2.24, 2.45) is 11.1 Å². The quantitative estimate of drug-likeness (QED) is 0.600. The summed E-state index contributed by atoms with van der Waals surface area (Å²) in [5.41, 5.74) is 5.49. The number of hydrogen-bond donors (Lipinski definition) is 3. The van der Waals surface area contributed by atoms with Crippen LogP contribution in [0.25, 0.3) is 0 Å². The third kappa shape index (κ3) is 6.35. The second kappa shape index (κ2) is 7.72. The van der Waals surface area contributed by atoms with Gasteiger partial charge in [0, 0.05) is 13.0 Å². The predicted octanol–water partition coefficient (Wildman–Crippen LogP) is 0.248. The van der Waals surface area contributed by atoms with Crippen LogP contribution in [0.2, 0.25) is 0 Å². The standard InChI is InChI=1S/C13H23N5O3/c1-13(2,5-6-14)4-3-11(19)15-7-8-18-9-10(12(20)21)16-17-18/h9H,3-8,14H2,1-2H3,(H,15,19)(H,20,21). The third-order valence-corrected chi connectivity index (χ3v) is 3.27. The van der Waals surface area contributed by atoms with E-state index in [1.54, 1.807) is 0 Å². The number of nitrogens with two attached hydrogens (primary N) is 1. The Bertz CT molecular complexity index is 484. The molecule has 0 bridgehead atoms. The molecule has 1 heterocycles. The van der Waals surface area contributed by atoms with Gasteiger partial charge in [-0.2, -0.15) is 0 Å². The van der Waals surface area contributed by atoms with Gasteiger partial charge >= 0.3 is 5.97 Å². The lowest BCUT2D eigenvalue weighted by atomic mass is 9.84. The molecule has 0 unspecified atom stereocenters. The van der Waals surface area contributed by atoms with E-state index in [2.05, 4.69) is 29.5 Å². The predicted molar refractivity (Wildman–Crippen MR) is 76.7 cm³/mol. The van der Waals surface area contributed by atoms with Gasteiger partial charge in [-0.15, -0.1) is 5.10 Å². The first-order chi connectivity index (χ1) is 9.84. The number of amides is 1. The minimum Gasteiger partial charge on any atom is -0.476 e. The van der Waals surface area contributed by atoms with Crippen molar-refractivity contribution < 1.29 is 14.7 Å². The molecule has 8 heteroatoms. The maximum Gasteiger partial charge on any atom is 0.358 e. The van der Waals surface area contributed by atoms with Gasteiger partial charge in [0.15, 0.2) is 5.69 Å². The second-order valence-electron chi connectivity index (χ2n) is 5.72. The number of carbonyl (C=O) groups excluding carboxylic acids is 1. The number of nitrogens with one attached hydrogen (secondary N) is 1. The number of rotatable bonds is 9. The third-order valence-electron chi connectivity index (χ3n) is 3.27. The maximum atomic E-state index is 11.7. The van der Waals surface area contributed by atoms with Gasteiger partial charge in [-0.25, -0.2) is 9.48 Å². The molecule has 0 aromatic carbocycles. The molecule has 0 aliphatic rings. The smallest absolute Gasteiger partial charge is 0.358 e. The summed E-state index contributed by atoms with van der Waals surface area (Å²) in [7, 11) is 0. The normalized spacial score (nSPS) is 11.4. The zero-order chi connectivity index (χ0) is 15.9. The average Bonchev–Trinajstić information content (AvgIpc) is 2.85. The number of hydrogen-bond acceptors (Lipinski definition) is 5. The van der Waals surface area contributed by atoms with Crippen molar-refractivity contribution in [3.8, 4) is 0 Å². The van der Waals surface area contributed by atoms with Gasteiger partial charge in [-0.3, -0.25) is 4.79 Å². The van der Waals surface area contributed by atoms with Gasteiger partial charge in [-0.05, 0) is 24.8 Å². The molecule has 1 rings (SSSR count). The average molecular weight is 297 g/mol. The Morgan fingerprint density at radius 3 is 2.71 bits per heavy atom. The van der Waals surface area contributed by atoms with E-state index in [0.29, 0.717) is 26.1 Å². The zero-order valence-electron chi connectivity index (χ0n) is 12.5. The van der Waals surface area contributed by atoms with E-state index < -0.39 is 5.97 Å². The minimum absolute atomic E-state index is 0.0290. The highest BCUT2D eigenvalue weighted by Crippen LogP contribution is 2.25. The Labute approximate surface area is 123 Å². The van der Waals surface area contributed by atoms with E-state index in [9.17, 15) is 9.59 Å². The number of nitrogens with zero attached hydrogens (tertiary/aromatic N) is 3. The number of carboxylic acid groups (broad SMARTS) is 1. The molecule has 0 fully saturated rings. The van der Waals surface area contributed by atoms with Gasteiger partial charge in [0.1, 0.15) is 0 Å². The molecule has 0 aliphatic carbocycles. The summed E-state index contributed by atoms with van der Waals surface area (Å²) in [5, 5.41) is 18.6. The van der Waals surface area contributed by atoms with Crippen molar-refractivity contribution in [1.29, 1.82) is 0 Å². The van der Waals surface area contributed by atoms with E-state index in [1.807, 2.05) is 0 Å². The fourth-order valence-electron chi connectivity index (χ4n) is 1.87. The largest absolute Gasteiger partial charge is 0.476 e. The lowest BCUT2D eigenvalue weighted by molar-refractivity contribution is -0.121. The van der Waals surface area contributed by atoms with E-state index in [-0.39, 0.29) is 17.0 Å². The van der Waals surface area contributed by atoms with Crippen molar-refractivity contribution in [3.63, 3.8) is 0 Å². The minimum atomic E-state index is -1.12. The number of aromatic carboxylic acids is 1. The van der Waals surface area contributed by atoms with Gasteiger partial charge in [0.2, 0.25) is 5.91 Å².